The third kappa shape index (κ3) is 3.30. The first kappa shape index (κ1) is 15.3. The predicted octanol–water partition coefficient (Wildman–Crippen LogP) is 2.10. The summed E-state index contributed by atoms with van der Waals surface area (Å²) in [6.45, 7) is 2.61. The van der Waals surface area contributed by atoms with Crippen LogP contribution in [0.15, 0.2) is 23.3 Å². The Morgan fingerprint density at radius 3 is 2.90 bits per heavy atom. The topological polar surface area (TPSA) is 64.3 Å². The molecule has 0 aliphatic rings. The standard InChI is InChI=1S/C13H14Cl2N2O3/c1-2-20-6-9(18)5-17-7-16-12-10(13(17)19)3-8(14)4-11(12)15/h3-4,7,9,18H,2,5-6H2,1H3. The predicted molar refractivity (Wildman–Crippen MR) is 78.5 cm³/mol. The molecule has 2 rings (SSSR count). The molecule has 2 aromatic rings. The first-order chi connectivity index (χ1) is 9.52. The van der Waals surface area contributed by atoms with Gasteiger partial charge in [0.25, 0.3) is 5.56 Å². The summed E-state index contributed by atoms with van der Waals surface area (Å²) >= 11 is 11.9. The van der Waals surface area contributed by atoms with Crippen LogP contribution in [0.5, 0.6) is 0 Å². The van der Waals surface area contributed by atoms with Gasteiger partial charge in [0.1, 0.15) is 0 Å². The van der Waals surface area contributed by atoms with Crippen molar-refractivity contribution in [2.24, 2.45) is 0 Å². The maximum Gasteiger partial charge on any atom is 0.261 e. The monoisotopic (exact) mass is 316 g/mol. The molecule has 5 nitrogen and oxygen atoms in total. The molecule has 0 fully saturated rings. The summed E-state index contributed by atoms with van der Waals surface area (Å²) < 4.78 is 6.42. The van der Waals surface area contributed by atoms with Crippen molar-refractivity contribution in [3.63, 3.8) is 0 Å². The Morgan fingerprint density at radius 2 is 2.20 bits per heavy atom. The van der Waals surface area contributed by atoms with Crippen LogP contribution in [0, 0.1) is 0 Å². The van der Waals surface area contributed by atoms with Crippen LogP contribution in [0.25, 0.3) is 10.9 Å². The molecular weight excluding hydrogens is 303 g/mol. The summed E-state index contributed by atoms with van der Waals surface area (Å²) in [4.78, 5) is 16.4. The van der Waals surface area contributed by atoms with E-state index >= 15 is 0 Å². The van der Waals surface area contributed by atoms with Crippen LogP contribution in [0.2, 0.25) is 10.0 Å². The number of ether oxygens (including phenoxy) is 1. The minimum atomic E-state index is -0.776. The summed E-state index contributed by atoms with van der Waals surface area (Å²) in [5.74, 6) is 0. The van der Waals surface area contributed by atoms with Gasteiger partial charge in [0.2, 0.25) is 0 Å². The van der Waals surface area contributed by atoms with E-state index in [1.54, 1.807) is 0 Å². The van der Waals surface area contributed by atoms with E-state index in [9.17, 15) is 9.90 Å². The lowest BCUT2D eigenvalue weighted by Gasteiger charge is -2.13. The van der Waals surface area contributed by atoms with Gasteiger partial charge in [0.15, 0.2) is 0 Å². The van der Waals surface area contributed by atoms with E-state index in [-0.39, 0.29) is 18.7 Å². The van der Waals surface area contributed by atoms with Crippen LogP contribution in [0.1, 0.15) is 6.92 Å². The molecule has 0 amide bonds. The quantitative estimate of drug-likeness (QED) is 0.917. The van der Waals surface area contributed by atoms with Crippen molar-refractivity contribution in [3.8, 4) is 0 Å². The first-order valence-electron chi connectivity index (χ1n) is 6.13. The van der Waals surface area contributed by atoms with Gasteiger partial charge < -0.3 is 9.84 Å². The highest BCUT2D eigenvalue weighted by Crippen LogP contribution is 2.23. The Balaban J connectivity index is 2.37. The molecule has 0 aliphatic heterocycles. The van der Waals surface area contributed by atoms with Crippen LogP contribution in [-0.2, 0) is 11.3 Å². The largest absolute Gasteiger partial charge is 0.389 e. The Hall–Kier alpha value is -1.14. The second-order valence-corrected chi connectivity index (χ2v) is 5.14. The van der Waals surface area contributed by atoms with Crippen molar-refractivity contribution < 1.29 is 9.84 Å². The fourth-order valence-corrected chi connectivity index (χ4v) is 2.40. The van der Waals surface area contributed by atoms with Crippen LogP contribution in [-0.4, -0.2) is 34.0 Å². The molecule has 7 heteroatoms. The van der Waals surface area contributed by atoms with Gasteiger partial charge in [0.05, 0.1) is 41.5 Å². The minimum Gasteiger partial charge on any atom is -0.389 e. The molecule has 0 saturated carbocycles. The number of fused-ring (bicyclic) bond motifs is 1. The molecule has 20 heavy (non-hydrogen) atoms. The normalized spacial score (nSPS) is 12.8. The number of halogens is 2. The number of nitrogens with zero attached hydrogens (tertiary/aromatic N) is 2. The lowest BCUT2D eigenvalue weighted by molar-refractivity contribution is 0.0329. The molecular formula is C13H14Cl2N2O3. The second-order valence-electron chi connectivity index (χ2n) is 4.30. The van der Waals surface area contributed by atoms with Crippen LogP contribution in [0.4, 0.5) is 0 Å². The van der Waals surface area contributed by atoms with Crippen molar-refractivity contribution in [2.45, 2.75) is 19.6 Å². The number of aliphatic hydroxyl groups is 1. The van der Waals surface area contributed by atoms with Crippen molar-refractivity contribution in [1.29, 1.82) is 0 Å². The average molecular weight is 317 g/mol. The zero-order chi connectivity index (χ0) is 14.7. The highest BCUT2D eigenvalue weighted by molar-refractivity contribution is 6.38. The second kappa shape index (κ2) is 6.54. The Morgan fingerprint density at radius 1 is 1.45 bits per heavy atom. The van der Waals surface area contributed by atoms with E-state index in [1.807, 2.05) is 6.92 Å². The van der Waals surface area contributed by atoms with E-state index in [0.717, 1.165) is 0 Å². The molecule has 1 aromatic carbocycles. The number of aromatic nitrogens is 2. The number of rotatable bonds is 5. The van der Waals surface area contributed by atoms with E-state index in [1.165, 1.54) is 23.0 Å². The molecule has 0 bridgehead atoms. The fraction of sp³-hybridized carbons (Fsp3) is 0.385. The SMILES string of the molecule is CCOCC(O)Cn1cnc2c(Cl)cc(Cl)cc2c1=O. The third-order valence-corrected chi connectivity index (χ3v) is 3.27. The summed E-state index contributed by atoms with van der Waals surface area (Å²) in [7, 11) is 0. The van der Waals surface area contributed by atoms with Gasteiger partial charge in [-0.25, -0.2) is 4.98 Å². The first-order valence-corrected chi connectivity index (χ1v) is 6.88. The lowest BCUT2D eigenvalue weighted by Crippen LogP contribution is -2.29. The maximum atomic E-state index is 12.3. The van der Waals surface area contributed by atoms with Crippen molar-refractivity contribution >= 4 is 34.1 Å². The molecule has 0 spiro atoms. The zero-order valence-corrected chi connectivity index (χ0v) is 12.4. The van der Waals surface area contributed by atoms with Gasteiger partial charge in [-0.1, -0.05) is 23.2 Å². The highest BCUT2D eigenvalue weighted by atomic mass is 35.5. The lowest BCUT2D eigenvalue weighted by atomic mass is 10.2. The van der Waals surface area contributed by atoms with Crippen LogP contribution in [0.3, 0.4) is 0 Å². The zero-order valence-electron chi connectivity index (χ0n) is 10.8. The van der Waals surface area contributed by atoms with E-state index < -0.39 is 6.10 Å². The van der Waals surface area contributed by atoms with Gasteiger partial charge in [-0.05, 0) is 19.1 Å². The van der Waals surface area contributed by atoms with Crippen molar-refractivity contribution in [1.82, 2.24) is 9.55 Å². The molecule has 1 heterocycles. The molecule has 0 aliphatic carbocycles. The minimum absolute atomic E-state index is 0.103. The summed E-state index contributed by atoms with van der Waals surface area (Å²) in [6, 6.07) is 3.05. The van der Waals surface area contributed by atoms with Gasteiger partial charge in [-0.15, -0.1) is 0 Å². The van der Waals surface area contributed by atoms with E-state index in [2.05, 4.69) is 4.98 Å². The number of hydrogen-bond acceptors (Lipinski definition) is 4. The fourth-order valence-electron chi connectivity index (χ4n) is 1.86. The summed E-state index contributed by atoms with van der Waals surface area (Å²) in [5.41, 5.74) is 0.103. The van der Waals surface area contributed by atoms with Crippen LogP contribution >= 0.6 is 23.2 Å². The maximum absolute atomic E-state index is 12.3. The molecule has 1 N–H and O–H groups in total. The molecule has 1 aromatic heterocycles. The highest BCUT2D eigenvalue weighted by Gasteiger charge is 2.11. The molecule has 1 unspecified atom stereocenters. The number of hydrogen-bond donors (Lipinski definition) is 1. The Labute approximate surface area is 125 Å². The van der Waals surface area contributed by atoms with Gasteiger partial charge in [0, 0.05) is 11.6 Å². The van der Waals surface area contributed by atoms with Gasteiger partial charge in [-0.2, -0.15) is 0 Å². The molecule has 1 atom stereocenters. The van der Waals surface area contributed by atoms with Gasteiger partial charge >= 0.3 is 0 Å². The van der Waals surface area contributed by atoms with E-state index in [4.69, 9.17) is 27.9 Å². The average Bonchev–Trinajstić information content (AvgIpc) is 2.40. The smallest absolute Gasteiger partial charge is 0.261 e. The number of aliphatic hydroxyl groups excluding tert-OH is 1. The molecule has 0 radical (unpaired) electrons. The number of benzene rings is 1. The summed E-state index contributed by atoms with van der Waals surface area (Å²) in [5, 5.41) is 10.8. The van der Waals surface area contributed by atoms with Crippen molar-refractivity contribution in [2.75, 3.05) is 13.2 Å². The van der Waals surface area contributed by atoms with E-state index in [0.29, 0.717) is 27.6 Å². The third-order valence-electron chi connectivity index (χ3n) is 2.77. The Kier molecular flexibility index (Phi) is 4.99. The van der Waals surface area contributed by atoms with Crippen molar-refractivity contribution in [3.05, 3.63) is 38.9 Å². The molecule has 108 valence electrons. The summed E-state index contributed by atoms with van der Waals surface area (Å²) in [6.07, 6.45) is 0.584. The van der Waals surface area contributed by atoms with Crippen LogP contribution < -0.4 is 5.56 Å². The van der Waals surface area contributed by atoms with Gasteiger partial charge in [-0.3, -0.25) is 9.36 Å². The molecule has 0 saturated heterocycles. The Bertz CT molecular complexity index is 672.